The molecule has 0 fully saturated rings. The Morgan fingerprint density at radius 3 is 2.67 bits per heavy atom. The van der Waals surface area contributed by atoms with Gasteiger partial charge in [0.2, 0.25) is 0 Å². The zero-order valence-electron chi connectivity index (χ0n) is 8.17. The standard InChI is InChI=1S/C10H10BrIN3/c1-12-10-13-9(14-15-10)6-7-2-4-8(11)5-3-7/h2-5H,6H2,1H3,(H,13,14,15)/q-1. The third-order valence-electron chi connectivity index (χ3n) is 1.96. The van der Waals surface area contributed by atoms with E-state index >= 15 is 0 Å². The Kier molecular flexibility index (Phi) is 3.74. The van der Waals surface area contributed by atoms with Gasteiger partial charge in [0, 0.05) is 0 Å². The van der Waals surface area contributed by atoms with Crippen molar-refractivity contribution in [2.24, 2.45) is 0 Å². The molecule has 0 aliphatic rings. The molecule has 80 valence electrons. The molecule has 0 aliphatic carbocycles. The number of H-pyrrole nitrogens is 1. The quantitative estimate of drug-likeness (QED) is 0.552. The number of nitrogens with one attached hydrogen (secondary N) is 1. The third-order valence-corrected chi connectivity index (χ3v) is 3.93. The Labute approximate surface area is 107 Å². The van der Waals surface area contributed by atoms with Crippen LogP contribution in [-0.2, 0) is 6.42 Å². The van der Waals surface area contributed by atoms with Crippen LogP contribution < -0.4 is 21.2 Å². The fourth-order valence-corrected chi connectivity index (χ4v) is 2.39. The summed E-state index contributed by atoms with van der Waals surface area (Å²) in [6.07, 6.45) is 0.823. The molecule has 0 spiro atoms. The molecule has 3 nitrogen and oxygen atoms in total. The molecule has 0 saturated carbocycles. The van der Waals surface area contributed by atoms with E-state index in [-0.39, 0.29) is 21.2 Å². The zero-order chi connectivity index (χ0) is 10.7. The third kappa shape index (κ3) is 3.01. The average Bonchev–Trinajstić information content (AvgIpc) is 2.69. The van der Waals surface area contributed by atoms with E-state index in [1.165, 1.54) is 5.56 Å². The fourth-order valence-electron chi connectivity index (χ4n) is 1.23. The Bertz CT molecular complexity index is 438. The molecule has 0 aliphatic heterocycles. The zero-order valence-corrected chi connectivity index (χ0v) is 11.9. The number of rotatable bonds is 3. The molecule has 0 atom stereocenters. The number of nitrogens with zero attached hydrogens (tertiary/aromatic N) is 2. The molecule has 0 amide bonds. The first kappa shape index (κ1) is 11.1. The number of hydrogen-bond acceptors (Lipinski definition) is 2. The molecule has 5 heteroatoms. The first-order valence-electron chi connectivity index (χ1n) is 4.43. The summed E-state index contributed by atoms with van der Waals surface area (Å²) < 4.78 is 2.09. The minimum absolute atomic E-state index is 0.0123. The van der Waals surface area contributed by atoms with Crippen LogP contribution in [0.3, 0.4) is 0 Å². The number of hydrogen-bond donors (Lipinski definition) is 1. The van der Waals surface area contributed by atoms with Gasteiger partial charge in [0.15, 0.2) is 0 Å². The summed E-state index contributed by atoms with van der Waals surface area (Å²) in [6.45, 7) is 0. The minimum atomic E-state index is -0.0123. The van der Waals surface area contributed by atoms with Crippen molar-refractivity contribution in [1.82, 2.24) is 15.2 Å². The Morgan fingerprint density at radius 1 is 1.33 bits per heavy atom. The van der Waals surface area contributed by atoms with E-state index in [9.17, 15) is 0 Å². The maximum atomic E-state index is 4.42. The van der Waals surface area contributed by atoms with Gasteiger partial charge in [-0.1, -0.05) is 0 Å². The molecule has 0 radical (unpaired) electrons. The number of halogens is 2. The van der Waals surface area contributed by atoms with Crippen molar-refractivity contribution in [2.45, 2.75) is 6.42 Å². The molecule has 1 aromatic heterocycles. The molecule has 1 N–H and O–H groups in total. The predicted molar refractivity (Wildman–Crippen MR) is 58.0 cm³/mol. The van der Waals surface area contributed by atoms with Crippen molar-refractivity contribution in [1.29, 1.82) is 0 Å². The summed E-state index contributed by atoms with van der Waals surface area (Å²) in [7, 11) is 0. The van der Waals surface area contributed by atoms with Crippen molar-refractivity contribution in [3.05, 3.63) is 44.0 Å². The van der Waals surface area contributed by atoms with Gasteiger partial charge in [-0.05, 0) is 0 Å². The summed E-state index contributed by atoms with van der Waals surface area (Å²) in [5.41, 5.74) is 1.25. The van der Waals surface area contributed by atoms with Gasteiger partial charge in [0.05, 0.1) is 0 Å². The van der Waals surface area contributed by atoms with Gasteiger partial charge in [-0.3, -0.25) is 0 Å². The van der Waals surface area contributed by atoms with Crippen LogP contribution in [0.1, 0.15) is 11.4 Å². The van der Waals surface area contributed by atoms with Crippen molar-refractivity contribution in [3.8, 4) is 0 Å². The first-order chi connectivity index (χ1) is 7.28. The van der Waals surface area contributed by atoms with Gasteiger partial charge in [-0.15, -0.1) is 0 Å². The topological polar surface area (TPSA) is 41.6 Å². The molecule has 0 unspecified atom stereocenters. The molecule has 0 saturated heterocycles. The summed E-state index contributed by atoms with van der Waals surface area (Å²) in [5, 5.41) is 7.13. The van der Waals surface area contributed by atoms with Crippen LogP contribution in [0.15, 0.2) is 28.7 Å². The number of benzene rings is 1. The van der Waals surface area contributed by atoms with Gasteiger partial charge in [0.1, 0.15) is 0 Å². The molecular weight excluding hydrogens is 369 g/mol. The maximum absolute atomic E-state index is 4.42. The Hall–Kier alpha value is -0.430. The van der Waals surface area contributed by atoms with Gasteiger partial charge in [0.25, 0.3) is 0 Å². The summed E-state index contributed by atoms with van der Waals surface area (Å²) >= 11 is 3.40. The van der Waals surface area contributed by atoms with Crippen molar-refractivity contribution in [3.63, 3.8) is 0 Å². The normalized spacial score (nSPS) is 10.8. The molecule has 0 bridgehead atoms. The van der Waals surface area contributed by atoms with Gasteiger partial charge < -0.3 is 0 Å². The van der Waals surface area contributed by atoms with Crippen LogP contribution in [0, 0.1) is 3.83 Å². The van der Waals surface area contributed by atoms with E-state index in [2.05, 4.69) is 48.2 Å². The predicted octanol–water partition coefficient (Wildman–Crippen LogP) is -0.954. The number of alkyl halides is 1. The molecule has 1 heterocycles. The monoisotopic (exact) mass is 378 g/mol. The molecule has 15 heavy (non-hydrogen) atoms. The second-order valence-electron chi connectivity index (χ2n) is 3.04. The summed E-state index contributed by atoms with van der Waals surface area (Å²) in [5.74, 6) is 0.953. The van der Waals surface area contributed by atoms with Crippen molar-refractivity contribution in [2.75, 3.05) is 4.93 Å². The van der Waals surface area contributed by atoms with E-state index in [1.54, 1.807) is 0 Å². The van der Waals surface area contributed by atoms with E-state index in [0.29, 0.717) is 0 Å². The van der Waals surface area contributed by atoms with Crippen LogP contribution in [0.25, 0.3) is 0 Å². The van der Waals surface area contributed by atoms with E-state index in [0.717, 1.165) is 20.5 Å². The average molecular weight is 379 g/mol. The van der Waals surface area contributed by atoms with E-state index < -0.39 is 0 Å². The molecule has 1 aromatic carbocycles. The van der Waals surface area contributed by atoms with Crippen LogP contribution in [0.4, 0.5) is 0 Å². The van der Waals surface area contributed by atoms with Crippen molar-refractivity contribution >= 4 is 15.9 Å². The Morgan fingerprint density at radius 2 is 2.07 bits per heavy atom. The van der Waals surface area contributed by atoms with Crippen LogP contribution in [0.5, 0.6) is 0 Å². The summed E-state index contributed by atoms with van der Waals surface area (Å²) in [4.78, 5) is 6.58. The first-order valence-corrected chi connectivity index (χ1v) is 8.46. The molecule has 2 rings (SSSR count). The SMILES string of the molecule is C[I-]c1n[nH]c(Cc2ccc(Br)cc2)n1. The van der Waals surface area contributed by atoms with E-state index in [1.807, 2.05) is 12.1 Å². The Balaban J connectivity index is 2.11. The van der Waals surface area contributed by atoms with Crippen LogP contribution >= 0.6 is 15.9 Å². The van der Waals surface area contributed by atoms with Crippen LogP contribution in [0.2, 0.25) is 0 Å². The van der Waals surface area contributed by atoms with E-state index in [4.69, 9.17) is 0 Å². The van der Waals surface area contributed by atoms with Crippen molar-refractivity contribution < 1.29 is 21.2 Å². The molecular formula is C10H10BrIN3-. The van der Waals surface area contributed by atoms with Gasteiger partial charge >= 0.3 is 108 Å². The number of aromatic amines is 1. The second kappa shape index (κ2) is 5.07. The van der Waals surface area contributed by atoms with Gasteiger partial charge in [-0.25, -0.2) is 0 Å². The summed E-state index contributed by atoms with van der Waals surface area (Å²) in [6, 6.07) is 8.26. The fraction of sp³-hybridized carbons (Fsp3) is 0.200. The number of aromatic nitrogens is 3. The second-order valence-corrected chi connectivity index (χ2v) is 6.00. The van der Waals surface area contributed by atoms with Gasteiger partial charge in [-0.2, -0.15) is 0 Å². The molecule has 2 aromatic rings. The van der Waals surface area contributed by atoms with Crippen LogP contribution in [-0.4, -0.2) is 20.1 Å².